The number of ether oxygens (including phenoxy) is 2. The third-order valence-corrected chi connectivity index (χ3v) is 4.68. The van der Waals surface area contributed by atoms with Crippen LogP contribution in [0, 0.1) is 0 Å². The Kier molecular flexibility index (Phi) is 7.85. The highest BCUT2D eigenvalue weighted by Gasteiger charge is 2.21. The summed E-state index contributed by atoms with van der Waals surface area (Å²) in [5.74, 6) is 1.80. The van der Waals surface area contributed by atoms with Crippen LogP contribution in [0.3, 0.4) is 0 Å². The SMILES string of the molecule is CCCCN1CCCCC1CN=C(N)Nc1ccc(OC)c(OC)c1. The average molecular weight is 348 g/mol. The molecule has 1 aromatic rings. The molecule has 1 atom stereocenters. The van der Waals surface area contributed by atoms with E-state index in [0.717, 1.165) is 12.2 Å². The molecule has 6 heteroatoms. The maximum absolute atomic E-state index is 6.08. The van der Waals surface area contributed by atoms with Crippen LogP contribution >= 0.6 is 0 Å². The van der Waals surface area contributed by atoms with Crippen molar-refractivity contribution < 1.29 is 9.47 Å². The summed E-state index contributed by atoms with van der Waals surface area (Å²) in [6.07, 6.45) is 6.26. The van der Waals surface area contributed by atoms with Crippen LogP contribution in [0.5, 0.6) is 11.5 Å². The van der Waals surface area contributed by atoms with E-state index in [9.17, 15) is 0 Å². The van der Waals surface area contributed by atoms with E-state index >= 15 is 0 Å². The molecule has 1 unspecified atom stereocenters. The van der Waals surface area contributed by atoms with Gasteiger partial charge >= 0.3 is 0 Å². The molecule has 2 rings (SSSR count). The molecule has 0 aromatic heterocycles. The number of aliphatic imine (C=N–C) groups is 1. The summed E-state index contributed by atoms with van der Waals surface area (Å²) in [7, 11) is 3.24. The van der Waals surface area contributed by atoms with Crippen molar-refractivity contribution >= 4 is 11.6 Å². The molecule has 0 aliphatic carbocycles. The molecule has 0 radical (unpaired) electrons. The first-order valence-electron chi connectivity index (χ1n) is 9.21. The number of hydrogen-bond acceptors (Lipinski definition) is 4. The zero-order chi connectivity index (χ0) is 18.1. The summed E-state index contributed by atoms with van der Waals surface area (Å²) in [5, 5.41) is 3.14. The van der Waals surface area contributed by atoms with Crippen LogP contribution in [0.2, 0.25) is 0 Å². The van der Waals surface area contributed by atoms with Gasteiger partial charge < -0.3 is 20.5 Å². The summed E-state index contributed by atoms with van der Waals surface area (Å²) in [4.78, 5) is 7.14. The smallest absolute Gasteiger partial charge is 0.193 e. The van der Waals surface area contributed by atoms with Crippen LogP contribution in [0.1, 0.15) is 39.0 Å². The lowest BCUT2D eigenvalue weighted by Gasteiger charge is -2.34. The normalized spacial score (nSPS) is 18.8. The molecule has 6 nitrogen and oxygen atoms in total. The molecule has 1 aromatic carbocycles. The number of nitrogens with two attached hydrogens (primary N) is 1. The number of unbranched alkanes of at least 4 members (excludes halogenated alkanes) is 1. The van der Waals surface area contributed by atoms with Crippen LogP contribution in [-0.2, 0) is 0 Å². The highest BCUT2D eigenvalue weighted by molar-refractivity contribution is 5.92. The van der Waals surface area contributed by atoms with Crippen molar-refractivity contribution in [2.75, 3.05) is 39.2 Å². The molecule has 0 bridgehead atoms. The predicted molar refractivity (Wildman–Crippen MR) is 104 cm³/mol. The molecule has 1 aliphatic rings. The van der Waals surface area contributed by atoms with Gasteiger partial charge in [0.05, 0.1) is 20.8 Å². The second-order valence-electron chi connectivity index (χ2n) is 6.46. The van der Waals surface area contributed by atoms with E-state index in [4.69, 9.17) is 15.2 Å². The number of piperidine rings is 1. The van der Waals surface area contributed by atoms with Gasteiger partial charge in [0.15, 0.2) is 17.5 Å². The molecule has 1 fully saturated rings. The summed E-state index contributed by atoms with van der Waals surface area (Å²) in [6.45, 7) is 5.33. The van der Waals surface area contributed by atoms with Gasteiger partial charge in [0.2, 0.25) is 0 Å². The highest BCUT2D eigenvalue weighted by Crippen LogP contribution is 2.29. The van der Waals surface area contributed by atoms with Gasteiger partial charge in [-0.2, -0.15) is 0 Å². The fourth-order valence-corrected chi connectivity index (χ4v) is 3.23. The predicted octanol–water partition coefficient (Wildman–Crippen LogP) is 3.09. The van der Waals surface area contributed by atoms with Crippen molar-refractivity contribution in [3.8, 4) is 11.5 Å². The lowest BCUT2D eigenvalue weighted by Crippen LogP contribution is -2.42. The molecule has 0 saturated carbocycles. The van der Waals surface area contributed by atoms with Crippen LogP contribution < -0.4 is 20.5 Å². The molecular weight excluding hydrogens is 316 g/mol. The van der Waals surface area contributed by atoms with E-state index in [1.165, 1.54) is 45.2 Å². The number of guanidine groups is 1. The third-order valence-electron chi connectivity index (χ3n) is 4.68. The fourth-order valence-electron chi connectivity index (χ4n) is 3.23. The Bertz CT molecular complexity index is 562. The highest BCUT2D eigenvalue weighted by atomic mass is 16.5. The van der Waals surface area contributed by atoms with E-state index in [1.54, 1.807) is 14.2 Å². The fraction of sp³-hybridized carbons (Fsp3) is 0.632. The Labute approximate surface area is 151 Å². The van der Waals surface area contributed by atoms with Gasteiger partial charge in [-0.05, 0) is 44.5 Å². The number of methoxy groups -OCH3 is 2. The van der Waals surface area contributed by atoms with E-state index in [0.29, 0.717) is 23.5 Å². The van der Waals surface area contributed by atoms with Crippen molar-refractivity contribution in [1.29, 1.82) is 0 Å². The quantitative estimate of drug-likeness (QED) is 0.558. The summed E-state index contributed by atoms with van der Waals surface area (Å²) in [5.41, 5.74) is 6.92. The van der Waals surface area contributed by atoms with Crippen molar-refractivity contribution in [1.82, 2.24) is 4.90 Å². The number of likely N-dealkylation sites (tertiary alicyclic amines) is 1. The van der Waals surface area contributed by atoms with Gasteiger partial charge in [-0.25, -0.2) is 0 Å². The van der Waals surface area contributed by atoms with E-state index in [1.807, 2.05) is 18.2 Å². The zero-order valence-electron chi connectivity index (χ0n) is 15.8. The second-order valence-corrected chi connectivity index (χ2v) is 6.46. The van der Waals surface area contributed by atoms with E-state index in [-0.39, 0.29) is 0 Å². The van der Waals surface area contributed by atoms with Crippen LogP contribution in [-0.4, -0.2) is 50.8 Å². The Hall–Kier alpha value is -1.95. The van der Waals surface area contributed by atoms with Crippen molar-refractivity contribution in [2.45, 2.75) is 45.1 Å². The van der Waals surface area contributed by atoms with Crippen LogP contribution in [0.4, 0.5) is 5.69 Å². The third kappa shape index (κ3) is 5.81. The maximum atomic E-state index is 6.08. The Balaban J connectivity index is 1.94. The van der Waals surface area contributed by atoms with Gasteiger partial charge in [0.25, 0.3) is 0 Å². The lowest BCUT2D eigenvalue weighted by atomic mass is 10.0. The van der Waals surface area contributed by atoms with Crippen molar-refractivity contribution in [3.63, 3.8) is 0 Å². The molecule has 3 N–H and O–H groups in total. The number of rotatable bonds is 8. The maximum Gasteiger partial charge on any atom is 0.193 e. The molecule has 0 amide bonds. The van der Waals surface area contributed by atoms with Crippen LogP contribution in [0.25, 0.3) is 0 Å². The molecule has 25 heavy (non-hydrogen) atoms. The minimum Gasteiger partial charge on any atom is -0.493 e. The minimum absolute atomic E-state index is 0.438. The molecule has 0 spiro atoms. The van der Waals surface area contributed by atoms with Gasteiger partial charge in [0, 0.05) is 17.8 Å². The first-order valence-corrected chi connectivity index (χ1v) is 9.21. The molecule has 1 aliphatic heterocycles. The number of hydrogen-bond donors (Lipinski definition) is 2. The average Bonchev–Trinajstić information content (AvgIpc) is 2.65. The lowest BCUT2D eigenvalue weighted by molar-refractivity contribution is 0.151. The Morgan fingerprint density at radius 3 is 2.80 bits per heavy atom. The van der Waals surface area contributed by atoms with Gasteiger partial charge in [-0.3, -0.25) is 9.89 Å². The van der Waals surface area contributed by atoms with E-state index < -0.39 is 0 Å². The number of benzene rings is 1. The standard InChI is InChI=1S/C19H32N4O2/c1-4-5-11-23-12-7-6-8-16(23)14-21-19(20)22-15-9-10-17(24-2)18(13-15)25-3/h9-10,13,16H,4-8,11-12,14H2,1-3H3,(H3,20,21,22). The van der Waals surface area contributed by atoms with Crippen molar-refractivity contribution in [2.24, 2.45) is 10.7 Å². The monoisotopic (exact) mass is 348 g/mol. The Morgan fingerprint density at radius 2 is 2.08 bits per heavy atom. The zero-order valence-corrected chi connectivity index (χ0v) is 15.8. The summed E-state index contributed by atoms with van der Waals surface area (Å²) >= 11 is 0. The van der Waals surface area contributed by atoms with Crippen molar-refractivity contribution in [3.05, 3.63) is 18.2 Å². The summed E-state index contributed by atoms with van der Waals surface area (Å²) < 4.78 is 10.6. The van der Waals surface area contributed by atoms with Gasteiger partial charge in [-0.1, -0.05) is 19.8 Å². The second kappa shape index (κ2) is 10.1. The topological polar surface area (TPSA) is 72.1 Å². The number of nitrogens with zero attached hydrogens (tertiary/aromatic N) is 2. The minimum atomic E-state index is 0.438. The molecular formula is C19H32N4O2. The number of nitrogens with one attached hydrogen (secondary N) is 1. The molecule has 1 saturated heterocycles. The van der Waals surface area contributed by atoms with Crippen LogP contribution in [0.15, 0.2) is 23.2 Å². The first kappa shape index (κ1) is 19.4. The largest absolute Gasteiger partial charge is 0.493 e. The van der Waals surface area contributed by atoms with E-state index in [2.05, 4.69) is 22.1 Å². The Morgan fingerprint density at radius 1 is 1.28 bits per heavy atom. The van der Waals surface area contributed by atoms with Gasteiger partial charge in [0.1, 0.15) is 0 Å². The molecule has 140 valence electrons. The summed E-state index contributed by atoms with van der Waals surface area (Å²) in [6, 6.07) is 6.11. The van der Waals surface area contributed by atoms with Gasteiger partial charge in [-0.15, -0.1) is 0 Å². The first-order chi connectivity index (χ1) is 12.2. The molecule has 1 heterocycles. The number of anilines is 1.